The Balaban J connectivity index is 3.25. The Labute approximate surface area is 83.4 Å². The highest BCUT2D eigenvalue weighted by Crippen LogP contribution is 2.36. The van der Waals surface area contributed by atoms with E-state index in [-0.39, 0.29) is 0 Å². The summed E-state index contributed by atoms with van der Waals surface area (Å²) in [5, 5.41) is 0.912. The van der Waals surface area contributed by atoms with Crippen LogP contribution in [-0.2, 0) is 0 Å². The van der Waals surface area contributed by atoms with E-state index < -0.39 is 0 Å². The van der Waals surface area contributed by atoms with Gasteiger partial charge >= 0.3 is 0 Å². The van der Waals surface area contributed by atoms with E-state index in [9.17, 15) is 0 Å². The molecule has 0 aliphatic carbocycles. The monoisotopic (exact) mass is 254 g/mol. The van der Waals surface area contributed by atoms with Gasteiger partial charge in [0.25, 0.3) is 0 Å². The van der Waals surface area contributed by atoms with Crippen LogP contribution >= 0.6 is 39.1 Å². The van der Waals surface area contributed by atoms with Crippen LogP contribution in [0.4, 0.5) is 0 Å². The van der Waals surface area contributed by atoms with Crippen molar-refractivity contribution < 1.29 is 4.74 Å². The van der Waals surface area contributed by atoms with E-state index in [1.54, 1.807) is 19.2 Å². The van der Waals surface area contributed by atoms with Crippen LogP contribution < -0.4 is 4.74 Å². The van der Waals surface area contributed by atoms with Crippen molar-refractivity contribution in [3.8, 4) is 5.75 Å². The van der Waals surface area contributed by atoms with Gasteiger partial charge in [-0.1, -0.05) is 23.2 Å². The van der Waals surface area contributed by atoms with Crippen LogP contribution in [0.5, 0.6) is 5.75 Å². The van der Waals surface area contributed by atoms with E-state index in [0.717, 1.165) is 4.47 Å². The van der Waals surface area contributed by atoms with E-state index in [0.29, 0.717) is 15.8 Å². The molecule has 1 aromatic rings. The number of benzene rings is 1. The highest BCUT2D eigenvalue weighted by atomic mass is 79.9. The lowest BCUT2D eigenvalue weighted by Gasteiger charge is -2.04. The topological polar surface area (TPSA) is 9.23 Å². The molecule has 0 fully saturated rings. The SMILES string of the molecule is COc1ccc(Br)c(Cl)c1Cl. The molecule has 1 nitrogen and oxygen atoms in total. The minimum absolute atomic E-state index is 0.434. The van der Waals surface area contributed by atoms with Gasteiger partial charge in [-0.2, -0.15) is 0 Å². The molecule has 4 heteroatoms. The molecule has 0 aliphatic rings. The number of ether oxygens (including phenoxy) is 1. The van der Waals surface area contributed by atoms with Crippen LogP contribution in [0.25, 0.3) is 0 Å². The average molecular weight is 256 g/mol. The maximum atomic E-state index is 5.81. The Morgan fingerprint density at radius 3 is 2.45 bits per heavy atom. The van der Waals surface area contributed by atoms with Crippen LogP contribution in [0.1, 0.15) is 0 Å². The predicted molar refractivity (Wildman–Crippen MR) is 50.7 cm³/mol. The van der Waals surface area contributed by atoms with E-state index in [2.05, 4.69) is 15.9 Å². The average Bonchev–Trinajstić information content (AvgIpc) is 2.01. The Morgan fingerprint density at radius 2 is 1.91 bits per heavy atom. The summed E-state index contributed by atoms with van der Waals surface area (Å²) in [5.74, 6) is 0.583. The van der Waals surface area contributed by atoms with Gasteiger partial charge in [0.05, 0.1) is 12.1 Å². The largest absolute Gasteiger partial charge is 0.495 e. The molecule has 0 saturated heterocycles. The molecule has 1 aromatic carbocycles. The first-order valence-corrected chi connectivity index (χ1v) is 4.39. The van der Waals surface area contributed by atoms with Gasteiger partial charge in [-0.05, 0) is 28.1 Å². The Kier molecular flexibility index (Phi) is 3.05. The van der Waals surface area contributed by atoms with Crippen molar-refractivity contribution in [3.05, 3.63) is 26.7 Å². The highest BCUT2D eigenvalue weighted by Gasteiger charge is 2.07. The molecule has 11 heavy (non-hydrogen) atoms. The van der Waals surface area contributed by atoms with Crippen molar-refractivity contribution in [2.45, 2.75) is 0 Å². The van der Waals surface area contributed by atoms with Crippen LogP contribution in [0.15, 0.2) is 16.6 Å². The second kappa shape index (κ2) is 3.65. The van der Waals surface area contributed by atoms with Crippen LogP contribution in [0.3, 0.4) is 0 Å². The van der Waals surface area contributed by atoms with Crippen LogP contribution in [0.2, 0.25) is 10.0 Å². The van der Waals surface area contributed by atoms with E-state index >= 15 is 0 Å². The Morgan fingerprint density at radius 1 is 1.27 bits per heavy atom. The zero-order chi connectivity index (χ0) is 8.43. The molecule has 0 bridgehead atoms. The van der Waals surface area contributed by atoms with E-state index in [1.807, 2.05) is 0 Å². The van der Waals surface area contributed by atoms with Crippen molar-refractivity contribution in [2.75, 3.05) is 7.11 Å². The lowest BCUT2D eigenvalue weighted by atomic mass is 10.3. The summed E-state index contributed by atoms with van der Waals surface area (Å²) in [4.78, 5) is 0. The summed E-state index contributed by atoms with van der Waals surface area (Å²) in [7, 11) is 1.55. The molecular formula is C7H5BrCl2O. The minimum atomic E-state index is 0.434. The molecule has 0 aliphatic heterocycles. The second-order valence-electron chi connectivity index (χ2n) is 1.88. The molecule has 60 valence electrons. The van der Waals surface area contributed by atoms with Crippen LogP contribution in [-0.4, -0.2) is 7.11 Å². The highest BCUT2D eigenvalue weighted by molar-refractivity contribution is 9.10. The fourth-order valence-corrected chi connectivity index (χ4v) is 1.51. The molecule has 0 atom stereocenters. The molecule has 0 radical (unpaired) electrons. The molecule has 0 N–H and O–H groups in total. The molecule has 0 unspecified atom stereocenters. The first kappa shape index (κ1) is 9.17. The quantitative estimate of drug-likeness (QED) is 0.695. The number of methoxy groups -OCH3 is 1. The Hall–Kier alpha value is 0.0800. The fraction of sp³-hybridized carbons (Fsp3) is 0.143. The standard InChI is InChI=1S/C7H5BrCl2O/c1-11-5-3-2-4(8)6(9)7(5)10/h2-3H,1H3. The number of rotatable bonds is 1. The summed E-state index contributed by atoms with van der Waals surface area (Å²) in [5.41, 5.74) is 0. The van der Waals surface area contributed by atoms with E-state index in [1.165, 1.54) is 0 Å². The smallest absolute Gasteiger partial charge is 0.139 e. The van der Waals surface area contributed by atoms with E-state index in [4.69, 9.17) is 27.9 Å². The molecule has 0 aromatic heterocycles. The maximum absolute atomic E-state index is 5.81. The van der Waals surface area contributed by atoms with Gasteiger partial charge in [0.15, 0.2) is 0 Å². The summed E-state index contributed by atoms with van der Waals surface area (Å²) in [6.45, 7) is 0. The predicted octanol–water partition coefficient (Wildman–Crippen LogP) is 3.76. The fourth-order valence-electron chi connectivity index (χ4n) is 0.666. The van der Waals surface area contributed by atoms with Crippen molar-refractivity contribution >= 4 is 39.1 Å². The van der Waals surface area contributed by atoms with Gasteiger partial charge in [0, 0.05) is 4.47 Å². The third kappa shape index (κ3) is 1.81. The minimum Gasteiger partial charge on any atom is -0.495 e. The van der Waals surface area contributed by atoms with Crippen molar-refractivity contribution in [1.29, 1.82) is 0 Å². The second-order valence-corrected chi connectivity index (χ2v) is 3.49. The number of halogens is 3. The van der Waals surface area contributed by atoms with Gasteiger partial charge in [-0.3, -0.25) is 0 Å². The van der Waals surface area contributed by atoms with Gasteiger partial charge in [-0.25, -0.2) is 0 Å². The molecule has 0 amide bonds. The lowest BCUT2D eigenvalue weighted by molar-refractivity contribution is 0.415. The van der Waals surface area contributed by atoms with Gasteiger partial charge in [-0.15, -0.1) is 0 Å². The molecular weight excluding hydrogens is 251 g/mol. The summed E-state index contributed by atoms with van der Waals surface area (Å²) >= 11 is 14.9. The van der Waals surface area contributed by atoms with Gasteiger partial charge in [0.1, 0.15) is 10.8 Å². The first-order chi connectivity index (χ1) is 5.16. The van der Waals surface area contributed by atoms with Gasteiger partial charge < -0.3 is 4.74 Å². The van der Waals surface area contributed by atoms with Crippen molar-refractivity contribution in [3.63, 3.8) is 0 Å². The summed E-state index contributed by atoms with van der Waals surface area (Å²) in [6.07, 6.45) is 0. The summed E-state index contributed by atoms with van der Waals surface area (Å²) < 4.78 is 5.71. The molecule has 0 spiro atoms. The maximum Gasteiger partial charge on any atom is 0.139 e. The molecule has 0 heterocycles. The van der Waals surface area contributed by atoms with Crippen molar-refractivity contribution in [1.82, 2.24) is 0 Å². The zero-order valence-corrected chi connectivity index (χ0v) is 8.79. The van der Waals surface area contributed by atoms with Crippen molar-refractivity contribution in [2.24, 2.45) is 0 Å². The number of hydrogen-bond acceptors (Lipinski definition) is 1. The Bertz CT molecular complexity index is 275. The third-order valence-electron chi connectivity index (χ3n) is 1.22. The van der Waals surface area contributed by atoms with Crippen LogP contribution in [0, 0.1) is 0 Å². The normalized spacial score (nSPS) is 9.82. The molecule has 0 saturated carbocycles. The van der Waals surface area contributed by atoms with Gasteiger partial charge in [0.2, 0.25) is 0 Å². The lowest BCUT2D eigenvalue weighted by Crippen LogP contribution is -1.84. The number of hydrogen-bond donors (Lipinski definition) is 0. The third-order valence-corrected chi connectivity index (χ3v) is 2.97. The molecule has 1 rings (SSSR count). The zero-order valence-electron chi connectivity index (χ0n) is 5.70. The summed E-state index contributed by atoms with van der Waals surface area (Å²) in [6, 6.07) is 3.53. The first-order valence-electron chi connectivity index (χ1n) is 2.84.